The average molecular weight is 348 g/mol. The second kappa shape index (κ2) is 6.52. The summed E-state index contributed by atoms with van der Waals surface area (Å²) in [5, 5.41) is 7.73. The maximum Gasteiger partial charge on any atom is 0.333 e. The lowest BCUT2D eigenvalue weighted by Crippen LogP contribution is -2.36. The highest BCUT2D eigenvalue weighted by atomic mass is 35.5. The topological polar surface area (TPSA) is 58.4 Å². The highest BCUT2D eigenvalue weighted by Gasteiger charge is 2.22. The molecule has 0 radical (unpaired) electrons. The van der Waals surface area contributed by atoms with Crippen LogP contribution in [0.5, 0.6) is 0 Å². The third-order valence-electron chi connectivity index (χ3n) is 3.46. The van der Waals surface area contributed by atoms with Crippen molar-refractivity contribution in [2.45, 2.75) is 13.0 Å². The van der Waals surface area contributed by atoms with E-state index in [0.29, 0.717) is 16.0 Å². The van der Waals surface area contributed by atoms with Crippen LogP contribution in [-0.4, -0.2) is 11.2 Å². The molecule has 3 rings (SSSR count). The van der Waals surface area contributed by atoms with Gasteiger partial charge in [0.05, 0.1) is 16.5 Å². The molecule has 0 fully saturated rings. The molecule has 2 amide bonds. The molecule has 0 saturated heterocycles. The largest absolute Gasteiger partial charge is 0.354 e. The number of benzene rings is 2. The van der Waals surface area contributed by atoms with Crippen molar-refractivity contribution in [1.82, 2.24) is 10.5 Å². The SMILES string of the molecule is CC(NC(=O)N(S)c1noc2cccc(Cl)c12)c1ccccc1. The van der Waals surface area contributed by atoms with Crippen molar-refractivity contribution < 1.29 is 9.32 Å². The van der Waals surface area contributed by atoms with Gasteiger partial charge in [0.25, 0.3) is 0 Å². The maximum atomic E-state index is 12.4. The third-order valence-corrected chi connectivity index (χ3v) is 4.15. The van der Waals surface area contributed by atoms with Gasteiger partial charge in [-0.2, -0.15) is 0 Å². The van der Waals surface area contributed by atoms with E-state index in [2.05, 4.69) is 23.3 Å². The van der Waals surface area contributed by atoms with E-state index in [1.54, 1.807) is 18.2 Å². The molecule has 3 aromatic rings. The Morgan fingerprint density at radius 3 is 2.74 bits per heavy atom. The van der Waals surface area contributed by atoms with Gasteiger partial charge in [-0.3, -0.25) is 0 Å². The number of thiol groups is 1. The summed E-state index contributed by atoms with van der Waals surface area (Å²) in [5.74, 6) is 0.256. The fourth-order valence-corrected chi connectivity index (χ4v) is 2.69. The Morgan fingerprint density at radius 2 is 2.00 bits per heavy atom. The molecule has 1 N–H and O–H groups in total. The molecule has 118 valence electrons. The molecule has 0 bridgehead atoms. The lowest BCUT2D eigenvalue weighted by molar-refractivity contribution is 0.247. The number of fused-ring (bicyclic) bond motifs is 1. The fourth-order valence-electron chi connectivity index (χ4n) is 2.25. The number of hydrogen-bond acceptors (Lipinski definition) is 4. The van der Waals surface area contributed by atoms with Gasteiger partial charge in [0.15, 0.2) is 11.4 Å². The minimum atomic E-state index is -0.417. The van der Waals surface area contributed by atoms with Crippen LogP contribution in [0.4, 0.5) is 10.6 Å². The zero-order valence-corrected chi connectivity index (χ0v) is 13.9. The number of hydrogen-bond donors (Lipinski definition) is 2. The van der Waals surface area contributed by atoms with Crippen LogP contribution in [0.2, 0.25) is 5.02 Å². The van der Waals surface area contributed by atoms with Crippen molar-refractivity contribution in [3.63, 3.8) is 0 Å². The van der Waals surface area contributed by atoms with Gasteiger partial charge in [0.1, 0.15) is 0 Å². The van der Waals surface area contributed by atoms with Crippen LogP contribution in [0.15, 0.2) is 53.1 Å². The van der Waals surface area contributed by atoms with Crippen molar-refractivity contribution in [2.24, 2.45) is 0 Å². The molecular weight excluding hydrogens is 334 g/mol. The number of aromatic nitrogens is 1. The summed E-state index contributed by atoms with van der Waals surface area (Å²) in [7, 11) is 0. The number of carbonyl (C=O) groups excluding carboxylic acids is 1. The van der Waals surface area contributed by atoms with Crippen molar-refractivity contribution in [1.29, 1.82) is 0 Å². The third kappa shape index (κ3) is 3.13. The monoisotopic (exact) mass is 347 g/mol. The first-order chi connectivity index (χ1) is 11.1. The van der Waals surface area contributed by atoms with E-state index in [-0.39, 0.29) is 11.9 Å². The molecule has 7 heteroatoms. The lowest BCUT2D eigenvalue weighted by atomic mass is 10.1. The number of nitrogens with zero attached hydrogens (tertiary/aromatic N) is 2. The number of rotatable bonds is 3. The molecule has 0 aliphatic heterocycles. The van der Waals surface area contributed by atoms with Crippen LogP contribution in [0.1, 0.15) is 18.5 Å². The Balaban J connectivity index is 1.82. The van der Waals surface area contributed by atoms with Gasteiger partial charge < -0.3 is 9.84 Å². The second-order valence-corrected chi connectivity index (χ2v) is 5.82. The van der Waals surface area contributed by atoms with Gasteiger partial charge in [-0.1, -0.05) is 66.0 Å². The first-order valence-electron chi connectivity index (χ1n) is 6.96. The molecular formula is C16H14ClN3O2S. The van der Waals surface area contributed by atoms with E-state index in [4.69, 9.17) is 16.1 Å². The summed E-state index contributed by atoms with van der Waals surface area (Å²) in [4.78, 5) is 12.4. The average Bonchev–Trinajstić information content (AvgIpc) is 3.00. The van der Waals surface area contributed by atoms with Crippen molar-refractivity contribution >= 4 is 47.2 Å². The Kier molecular flexibility index (Phi) is 4.45. The normalized spacial score (nSPS) is 12.1. The smallest absolute Gasteiger partial charge is 0.333 e. The number of anilines is 1. The second-order valence-electron chi connectivity index (χ2n) is 5.01. The Bertz CT molecular complexity index is 838. The van der Waals surface area contributed by atoms with E-state index in [9.17, 15) is 4.79 Å². The van der Waals surface area contributed by atoms with Crippen LogP contribution in [0.3, 0.4) is 0 Å². The first kappa shape index (κ1) is 15.7. The number of urea groups is 1. The molecule has 0 saturated carbocycles. The highest BCUT2D eigenvalue weighted by Crippen LogP contribution is 2.33. The number of carbonyl (C=O) groups is 1. The molecule has 2 aromatic carbocycles. The van der Waals surface area contributed by atoms with E-state index in [0.717, 1.165) is 9.87 Å². The predicted octanol–water partition coefficient (Wildman–Crippen LogP) is 4.60. The van der Waals surface area contributed by atoms with Gasteiger partial charge in [-0.25, -0.2) is 9.10 Å². The number of halogens is 1. The van der Waals surface area contributed by atoms with E-state index in [1.807, 2.05) is 37.3 Å². The van der Waals surface area contributed by atoms with Gasteiger partial charge >= 0.3 is 6.03 Å². The predicted molar refractivity (Wildman–Crippen MR) is 93.9 cm³/mol. The lowest BCUT2D eigenvalue weighted by Gasteiger charge is -2.19. The standard InChI is InChI=1S/C16H14ClN3O2S/c1-10(11-6-3-2-4-7-11)18-16(21)20(23)15-14-12(17)8-5-9-13(14)22-19-15/h2-10,23H,1H3,(H,18,21). The molecule has 23 heavy (non-hydrogen) atoms. The number of nitrogens with one attached hydrogen (secondary N) is 1. The number of amides is 2. The van der Waals surface area contributed by atoms with E-state index in [1.165, 1.54) is 0 Å². The molecule has 5 nitrogen and oxygen atoms in total. The van der Waals surface area contributed by atoms with Crippen LogP contribution in [0.25, 0.3) is 11.0 Å². The quantitative estimate of drug-likeness (QED) is 0.680. The zero-order valence-electron chi connectivity index (χ0n) is 12.2. The molecule has 1 heterocycles. The minimum absolute atomic E-state index is 0.174. The van der Waals surface area contributed by atoms with E-state index >= 15 is 0 Å². The van der Waals surface area contributed by atoms with Crippen molar-refractivity contribution in [3.05, 3.63) is 59.1 Å². The van der Waals surface area contributed by atoms with Crippen LogP contribution in [-0.2, 0) is 0 Å². The summed E-state index contributed by atoms with van der Waals surface area (Å²) in [6, 6.07) is 14.2. The van der Waals surface area contributed by atoms with Gasteiger partial charge in [-0.05, 0) is 24.6 Å². The van der Waals surface area contributed by atoms with Gasteiger partial charge in [-0.15, -0.1) is 0 Å². The van der Waals surface area contributed by atoms with Gasteiger partial charge in [0.2, 0.25) is 0 Å². The van der Waals surface area contributed by atoms with Gasteiger partial charge in [0, 0.05) is 0 Å². The summed E-state index contributed by atoms with van der Waals surface area (Å²) >= 11 is 10.4. The summed E-state index contributed by atoms with van der Waals surface area (Å²) in [6.07, 6.45) is 0. The minimum Gasteiger partial charge on any atom is -0.354 e. The molecule has 1 aromatic heterocycles. The molecule has 0 aliphatic rings. The Labute approximate surface area is 143 Å². The van der Waals surface area contributed by atoms with Crippen LogP contribution < -0.4 is 9.62 Å². The molecule has 0 spiro atoms. The molecule has 0 aliphatic carbocycles. The Morgan fingerprint density at radius 1 is 1.26 bits per heavy atom. The van der Waals surface area contributed by atoms with Crippen LogP contribution >= 0.6 is 24.4 Å². The van der Waals surface area contributed by atoms with Crippen LogP contribution in [0, 0.1) is 0 Å². The maximum absolute atomic E-state index is 12.4. The highest BCUT2D eigenvalue weighted by molar-refractivity contribution is 7.82. The van der Waals surface area contributed by atoms with Crippen molar-refractivity contribution in [3.8, 4) is 0 Å². The van der Waals surface area contributed by atoms with E-state index < -0.39 is 6.03 Å². The fraction of sp³-hybridized carbons (Fsp3) is 0.125. The van der Waals surface area contributed by atoms with Crippen molar-refractivity contribution in [2.75, 3.05) is 4.31 Å². The zero-order chi connectivity index (χ0) is 16.4. The molecule has 1 atom stereocenters. The summed E-state index contributed by atoms with van der Waals surface area (Å²) in [5.41, 5.74) is 1.49. The summed E-state index contributed by atoms with van der Waals surface area (Å²) < 4.78 is 6.28. The molecule has 1 unspecified atom stereocenters. The Hall–Kier alpha value is -2.18. The first-order valence-corrected chi connectivity index (χ1v) is 7.74. The summed E-state index contributed by atoms with van der Waals surface area (Å²) in [6.45, 7) is 1.89.